The molecule has 0 aliphatic rings. The van der Waals surface area contributed by atoms with E-state index in [-0.39, 0.29) is 18.7 Å². The number of halogens is 1. The normalized spacial score (nSPS) is 12.3. The van der Waals surface area contributed by atoms with Gasteiger partial charge in [0.15, 0.2) is 0 Å². The van der Waals surface area contributed by atoms with Crippen LogP contribution in [-0.4, -0.2) is 32.6 Å². The number of rotatable bonds is 7. The zero-order chi connectivity index (χ0) is 20.4. The van der Waals surface area contributed by atoms with E-state index in [0.29, 0.717) is 6.54 Å². The van der Waals surface area contributed by atoms with Crippen LogP contribution in [0.15, 0.2) is 65.4 Å². The van der Waals surface area contributed by atoms with Gasteiger partial charge in [-0.3, -0.25) is 4.79 Å². The molecule has 0 spiro atoms. The van der Waals surface area contributed by atoms with Gasteiger partial charge in [-0.1, -0.05) is 40.2 Å². The molecule has 4 aromatic rings. The van der Waals surface area contributed by atoms with E-state index in [9.17, 15) is 14.7 Å². The van der Waals surface area contributed by atoms with Gasteiger partial charge in [-0.05, 0) is 35.2 Å². The number of H-pyrrole nitrogens is 1. The van der Waals surface area contributed by atoms with Crippen LogP contribution in [0.25, 0.3) is 21.8 Å². The lowest BCUT2D eigenvalue weighted by atomic mass is 10.0. The van der Waals surface area contributed by atoms with Gasteiger partial charge in [-0.25, -0.2) is 4.79 Å². The number of fused-ring (bicyclic) bond motifs is 2. The summed E-state index contributed by atoms with van der Waals surface area (Å²) >= 11 is 3.46. The van der Waals surface area contributed by atoms with E-state index in [0.717, 1.165) is 31.8 Å². The number of aryl methyl sites for hydroxylation is 1. The number of aliphatic carboxylic acids is 1. The number of carbonyl (C=O) groups excluding carboxylic acids is 1. The summed E-state index contributed by atoms with van der Waals surface area (Å²) in [5, 5.41) is 14.3. The van der Waals surface area contributed by atoms with Gasteiger partial charge in [0.1, 0.15) is 6.04 Å². The zero-order valence-electron chi connectivity index (χ0n) is 15.6. The topological polar surface area (TPSA) is 87.1 Å². The Labute approximate surface area is 175 Å². The van der Waals surface area contributed by atoms with Crippen LogP contribution < -0.4 is 5.32 Å². The molecule has 0 aliphatic carbocycles. The minimum absolute atomic E-state index is 0.202. The second kappa shape index (κ2) is 8.13. The molecule has 1 atom stereocenters. The summed E-state index contributed by atoms with van der Waals surface area (Å²) in [6.45, 7) is 0.477. The molecule has 6 nitrogen and oxygen atoms in total. The molecular formula is C22H20BrN3O3. The summed E-state index contributed by atoms with van der Waals surface area (Å²) < 4.78 is 2.97. The molecule has 4 rings (SSSR count). The number of amides is 1. The fourth-order valence-electron chi connectivity index (χ4n) is 3.56. The van der Waals surface area contributed by atoms with Crippen molar-refractivity contribution in [2.45, 2.75) is 25.4 Å². The van der Waals surface area contributed by atoms with Crippen molar-refractivity contribution in [2.75, 3.05) is 0 Å². The molecule has 0 fully saturated rings. The minimum Gasteiger partial charge on any atom is -0.480 e. The largest absolute Gasteiger partial charge is 0.480 e. The Morgan fingerprint density at radius 2 is 2.00 bits per heavy atom. The molecule has 0 bridgehead atoms. The summed E-state index contributed by atoms with van der Waals surface area (Å²) in [5.74, 6) is -1.33. The van der Waals surface area contributed by atoms with E-state index in [2.05, 4.69) is 26.2 Å². The Morgan fingerprint density at radius 3 is 2.83 bits per heavy atom. The molecule has 0 saturated carbocycles. The molecule has 3 N–H and O–H groups in total. The summed E-state index contributed by atoms with van der Waals surface area (Å²) in [6.07, 6.45) is 4.17. The quantitative estimate of drug-likeness (QED) is 0.393. The first-order valence-electron chi connectivity index (χ1n) is 9.33. The second-order valence-electron chi connectivity index (χ2n) is 6.98. The average Bonchev–Trinajstić information content (AvgIpc) is 3.29. The highest BCUT2D eigenvalue weighted by Gasteiger charge is 2.21. The van der Waals surface area contributed by atoms with Crippen LogP contribution in [0, 0.1) is 0 Å². The van der Waals surface area contributed by atoms with Gasteiger partial charge in [-0.2, -0.15) is 0 Å². The number of nitrogens with one attached hydrogen (secondary N) is 2. The van der Waals surface area contributed by atoms with Gasteiger partial charge in [0.2, 0.25) is 5.91 Å². The number of para-hydroxylation sites is 1. The highest BCUT2D eigenvalue weighted by atomic mass is 79.9. The number of nitrogens with zero attached hydrogens (tertiary/aromatic N) is 1. The van der Waals surface area contributed by atoms with E-state index < -0.39 is 12.0 Å². The molecule has 2 aromatic heterocycles. The smallest absolute Gasteiger partial charge is 0.326 e. The lowest BCUT2D eigenvalue weighted by Crippen LogP contribution is -2.42. The zero-order valence-corrected chi connectivity index (χ0v) is 17.1. The molecule has 148 valence electrons. The van der Waals surface area contributed by atoms with Crippen LogP contribution >= 0.6 is 15.9 Å². The molecule has 2 aromatic carbocycles. The molecule has 0 aliphatic heterocycles. The van der Waals surface area contributed by atoms with Crippen molar-refractivity contribution in [3.63, 3.8) is 0 Å². The van der Waals surface area contributed by atoms with Crippen molar-refractivity contribution in [3.8, 4) is 0 Å². The van der Waals surface area contributed by atoms with Crippen LogP contribution in [0.3, 0.4) is 0 Å². The monoisotopic (exact) mass is 453 g/mol. The Hall–Kier alpha value is -3.06. The van der Waals surface area contributed by atoms with Gasteiger partial charge >= 0.3 is 5.97 Å². The number of carbonyl (C=O) groups is 2. The molecule has 0 radical (unpaired) electrons. The maximum atomic E-state index is 12.4. The van der Waals surface area contributed by atoms with Crippen molar-refractivity contribution in [2.24, 2.45) is 0 Å². The first-order chi connectivity index (χ1) is 14.0. The van der Waals surface area contributed by atoms with E-state index in [1.807, 2.05) is 59.3 Å². The highest BCUT2D eigenvalue weighted by molar-refractivity contribution is 9.10. The molecule has 29 heavy (non-hydrogen) atoms. The first kappa shape index (κ1) is 19.3. The van der Waals surface area contributed by atoms with Crippen LogP contribution in [0.2, 0.25) is 0 Å². The summed E-state index contributed by atoms with van der Waals surface area (Å²) in [4.78, 5) is 27.3. The van der Waals surface area contributed by atoms with Crippen LogP contribution in [-0.2, 0) is 22.6 Å². The summed E-state index contributed by atoms with van der Waals surface area (Å²) in [6, 6.07) is 14.7. The molecule has 0 saturated heterocycles. The standard InChI is InChI=1S/C22H20BrN3O3/c23-16-6-5-14-7-9-26(20(14)12-16)10-8-21(27)25-19(22(28)29)11-15-13-24-18-4-2-1-3-17(15)18/h1-7,9,12-13,19,24H,8,10-11H2,(H,25,27)(H,28,29)/t19-/m0/s1. The predicted molar refractivity (Wildman–Crippen MR) is 116 cm³/mol. The van der Waals surface area contributed by atoms with Crippen molar-refractivity contribution >= 4 is 49.6 Å². The third-order valence-electron chi connectivity index (χ3n) is 5.05. The number of benzene rings is 2. The number of carboxylic acids is 1. The van der Waals surface area contributed by atoms with E-state index in [1.165, 1.54) is 0 Å². The average molecular weight is 454 g/mol. The highest BCUT2D eigenvalue weighted by Crippen LogP contribution is 2.21. The Morgan fingerprint density at radius 1 is 1.17 bits per heavy atom. The molecule has 1 amide bonds. The number of carboxylic acid groups (broad SMARTS) is 1. The van der Waals surface area contributed by atoms with E-state index in [4.69, 9.17) is 0 Å². The van der Waals surface area contributed by atoms with Crippen LogP contribution in [0.4, 0.5) is 0 Å². The van der Waals surface area contributed by atoms with Gasteiger partial charge < -0.3 is 20.0 Å². The number of hydrogen-bond acceptors (Lipinski definition) is 2. The predicted octanol–water partition coefficient (Wildman–Crippen LogP) is 4.09. The molecule has 0 unspecified atom stereocenters. The Kier molecular flexibility index (Phi) is 5.40. The van der Waals surface area contributed by atoms with Gasteiger partial charge in [0.25, 0.3) is 0 Å². The number of aromatic amines is 1. The van der Waals surface area contributed by atoms with Gasteiger partial charge in [0, 0.05) is 52.7 Å². The number of aromatic nitrogens is 2. The Balaban J connectivity index is 1.42. The SMILES string of the molecule is O=C(CCn1ccc2ccc(Br)cc21)N[C@@H](Cc1c[nH]c2ccccc12)C(=O)O. The minimum atomic E-state index is -1.04. The van der Waals surface area contributed by atoms with Crippen LogP contribution in [0.5, 0.6) is 0 Å². The fourth-order valence-corrected chi connectivity index (χ4v) is 3.91. The van der Waals surface area contributed by atoms with Crippen molar-refractivity contribution in [3.05, 3.63) is 71.0 Å². The van der Waals surface area contributed by atoms with E-state index >= 15 is 0 Å². The van der Waals surface area contributed by atoms with Crippen LogP contribution in [0.1, 0.15) is 12.0 Å². The van der Waals surface area contributed by atoms with Gasteiger partial charge in [-0.15, -0.1) is 0 Å². The second-order valence-corrected chi connectivity index (χ2v) is 7.90. The fraction of sp³-hybridized carbons (Fsp3) is 0.182. The number of hydrogen-bond donors (Lipinski definition) is 3. The Bertz CT molecular complexity index is 1190. The molecule has 2 heterocycles. The summed E-state index contributed by atoms with van der Waals surface area (Å²) in [7, 11) is 0. The molecule has 7 heteroatoms. The first-order valence-corrected chi connectivity index (χ1v) is 10.1. The maximum Gasteiger partial charge on any atom is 0.326 e. The lowest BCUT2D eigenvalue weighted by Gasteiger charge is -2.15. The lowest BCUT2D eigenvalue weighted by molar-refractivity contribution is -0.141. The summed E-state index contributed by atoms with van der Waals surface area (Å²) in [5.41, 5.74) is 2.85. The maximum absolute atomic E-state index is 12.4. The third kappa shape index (κ3) is 4.19. The van der Waals surface area contributed by atoms with Crippen molar-refractivity contribution < 1.29 is 14.7 Å². The van der Waals surface area contributed by atoms with Crippen molar-refractivity contribution in [1.82, 2.24) is 14.9 Å². The van der Waals surface area contributed by atoms with Gasteiger partial charge in [0.05, 0.1) is 0 Å². The molecular weight excluding hydrogens is 434 g/mol. The van der Waals surface area contributed by atoms with Crippen molar-refractivity contribution in [1.29, 1.82) is 0 Å². The van der Waals surface area contributed by atoms with E-state index in [1.54, 1.807) is 6.20 Å². The third-order valence-corrected chi connectivity index (χ3v) is 5.54.